The first-order valence-electron chi connectivity index (χ1n) is 13.2. The Bertz CT molecular complexity index is 1240. The van der Waals surface area contributed by atoms with Gasteiger partial charge in [-0.3, -0.25) is 14.6 Å². The third-order valence-corrected chi connectivity index (χ3v) is 7.05. The van der Waals surface area contributed by atoms with Gasteiger partial charge in [0.15, 0.2) is 5.78 Å². The first-order chi connectivity index (χ1) is 19.2. The van der Waals surface area contributed by atoms with Crippen molar-refractivity contribution in [2.75, 3.05) is 25.5 Å². The normalized spacial score (nSPS) is 17.0. The number of ketones is 1. The second-order valence-electron chi connectivity index (χ2n) is 9.88. The molecule has 1 fully saturated rings. The lowest BCUT2D eigenvalue weighted by Gasteiger charge is -2.31. The van der Waals surface area contributed by atoms with E-state index < -0.39 is 12.1 Å². The number of hydrogen-bond acceptors (Lipinski definition) is 6. The fraction of sp³-hybridized carbons (Fsp3) is 0.400. The van der Waals surface area contributed by atoms with Gasteiger partial charge in [0.25, 0.3) is 0 Å². The Labute approximate surface area is 245 Å². The molecule has 0 unspecified atom stereocenters. The number of Topliss-reactive ketones (excluding diaryl/α,β-unsaturated/α-hetero) is 1. The zero-order valence-corrected chi connectivity index (χ0v) is 24.5. The van der Waals surface area contributed by atoms with Gasteiger partial charge in [-0.2, -0.15) is 0 Å². The summed E-state index contributed by atoms with van der Waals surface area (Å²) < 4.78 is 4.72. The standard InChI is InChI=1S/C29H34N4O4.CH2Cl2/c1-18(2)27(32-29(36)37-3)28(35)33-14-4-5-25(33)24-15-23(17-31-24)21-8-6-19(7-9-21)20-10-12-22(13-11-20)26(34)16-30;2-1-3/h6-13,17-18,25,27H,4-5,14-16,30H2,1-3H3,(H,32,36);1H2/t25-,27-;/m0./s1. The van der Waals surface area contributed by atoms with E-state index in [1.54, 1.807) is 12.1 Å². The van der Waals surface area contributed by atoms with Gasteiger partial charge < -0.3 is 20.7 Å². The van der Waals surface area contributed by atoms with E-state index in [9.17, 15) is 14.4 Å². The highest BCUT2D eigenvalue weighted by atomic mass is 35.5. The number of alkyl halides is 2. The summed E-state index contributed by atoms with van der Waals surface area (Å²) in [6.45, 7) is 4.47. The summed E-state index contributed by atoms with van der Waals surface area (Å²) in [7, 11) is 1.30. The molecule has 2 atom stereocenters. The van der Waals surface area contributed by atoms with E-state index >= 15 is 0 Å². The van der Waals surface area contributed by atoms with Crippen LogP contribution in [0.3, 0.4) is 0 Å². The summed E-state index contributed by atoms with van der Waals surface area (Å²) in [4.78, 5) is 43.5. The first kappa shape index (κ1) is 31.3. The van der Waals surface area contributed by atoms with Crippen LogP contribution in [-0.2, 0) is 9.53 Å². The van der Waals surface area contributed by atoms with Crippen molar-refractivity contribution in [2.24, 2.45) is 16.6 Å². The van der Waals surface area contributed by atoms with Crippen LogP contribution in [0.15, 0.2) is 59.7 Å². The Hall–Kier alpha value is -3.20. The van der Waals surface area contributed by atoms with Gasteiger partial charge in [0.2, 0.25) is 5.91 Å². The highest BCUT2D eigenvalue weighted by Crippen LogP contribution is 2.31. The lowest BCUT2D eigenvalue weighted by molar-refractivity contribution is -0.134. The number of nitrogens with two attached hydrogens (primary N) is 1. The Kier molecular flexibility index (Phi) is 11.7. The molecule has 2 aliphatic heterocycles. The Morgan fingerprint density at radius 1 is 1.05 bits per heavy atom. The average Bonchev–Trinajstić information content (AvgIpc) is 3.66. The molecule has 8 nitrogen and oxygen atoms in total. The molecule has 2 aromatic rings. The third-order valence-electron chi connectivity index (χ3n) is 7.05. The zero-order valence-electron chi connectivity index (χ0n) is 23.0. The van der Waals surface area contributed by atoms with Crippen molar-refractivity contribution >= 4 is 52.3 Å². The molecule has 2 aromatic carbocycles. The molecule has 0 spiro atoms. The van der Waals surface area contributed by atoms with Crippen LogP contribution in [0.5, 0.6) is 0 Å². The van der Waals surface area contributed by atoms with Gasteiger partial charge in [-0.15, -0.1) is 23.2 Å². The summed E-state index contributed by atoms with van der Waals surface area (Å²) in [5.74, 6) is -0.238. The molecule has 40 heavy (non-hydrogen) atoms. The van der Waals surface area contributed by atoms with Crippen molar-refractivity contribution in [3.05, 3.63) is 65.9 Å². The van der Waals surface area contributed by atoms with Gasteiger partial charge in [-0.25, -0.2) is 4.79 Å². The van der Waals surface area contributed by atoms with Crippen molar-refractivity contribution in [3.8, 4) is 11.1 Å². The summed E-state index contributed by atoms with van der Waals surface area (Å²) in [6.07, 6.45) is 3.73. The molecule has 0 saturated carbocycles. The molecular weight excluding hydrogens is 551 g/mol. The molecule has 214 valence electrons. The first-order valence-corrected chi connectivity index (χ1v) is 14.3. The number of carbonyl (C=O) groups excluding carboxylic acids is 3. The average molecular weight is 588 g/mol. The van der Waals surface area contributed by atoms with E-state index in [-0.39, 0.29) is 35.5 Å². The number of likely N-dealkylation sites (tertiary alicyclic amines) is 1. The summed E-state index contributed by atoms with van der Waals surface area (Å²) >= 11 is 9.53. The zero-order chi connectivity index (χ0) is 29.2. The second-order valence-corrected chi connectivity index (χ2v) is 10.7. The number of rotatable bonds is 8. The maximum atomic E-state index is 13.4. The summed E-state index contributed by atoms with van der Waals surface area (Å²) in [6, 6.07) is 15.0. The predicted molar refractivity (Wildman–Crippen MR) is 161 cm³/mol. The minimum atomic E-state index is -0.641. The molecule has 1 saturated heterocycles. The van der Waals surface area contributed by atoms with Gasteiger partial charge in [0.1, 0.15) is 6.04 Å². The van der Waals surface area contributed by atoms with E-state index in [1.165, 1.54) is 7.11 Å². The van der Waals surface area contributed by atoms with Crippen LogP contribution < -0.4 is 11.1 Å². The number of nitrogens with zero attached hydrogens (tertiary/aromatic N) is 2. The van der Waals surface area contributed by atoms with Crippen molar-refractivity contribution in [1.29, 1.82) is 0 Å². The lowest BCUT2D eigenvalue weighted by Crippen LogP contribution is -2.53. The van der Waals surface area contributed by atoms with Crippen LogP contribution in [0.1, 0.15) is 49.0 Å². The van der Waals surface area contributed by atoms with Crippen LogP contribution in [0, 0.1) is 5.92 Å². The number of methoxy groups -OCH3 is 1. The second kappa shape index (κ2) is 15.0. The smallest absolute Gasteiger partial charge is 0.407 e. The minimum Gasteiger partial charge on any atom is -0.453 e. The molecular formula is C30H36Cl2N4O4. The van der Waals surface area contributed by atoms with Gasteiger partial charge in [-0.1, -0.05) is 62.4 Å². The minimum absolute atomic E-state index is 0.00266. The number of ether oxygens (including phenoxy) is 1. The number of carbonyl (C=O) groups is 3. The number of halogens is 2. The number of hydrogen-bond donors (Lipinski definition) is 2. The maximum absolute atomic E-state index is 13.4. The molecule has 0 radical (unpaired) electrons. The number of allylic oxidation sites excluding steroid dienone is 1. The monoisotopic (exact) mass is 586 g/mol. The molecule has 2 heterocycles. The van der Waals surface area contributed by atoms with Crippen molar-refractivity contribution in [2.45, 2.75) is 45.2 Å². The number of alkyl carbamates (subject to hydrolysis) is 1. The SMILES string of the molecule is COC(=O)N[C@H](C(=O)N1CCC[C@H]1C1=NC=C(c2ccc(-c3ccc(C(=O)CN)cc3)cc2)C1)C(C)C.ClCCl. The maximum Gasteiger partial charge on any atom is 0.407 e. The van der Waals surface area contributed by atoms with E-state index in [4.69, 9.17) is 38.7 Å². The summed E-state index contributed by atoms with van der Waals surface area (Å²) in [5.41, 5.74) is 11.3. The van der Waals surface area contributed by atoms with Crippen molar-refractivity contribution < 1.29 is 19.1 Å². The number of aliphatic imine (C=N–C) groups is 1. The lowest BCUT2D eigenvalue weighted by atomic mass is 9.95. The topological polar surface area (TPSA) is 114 Å². The quantitative estimate of drug-likeness (QED) is 0.314. The Morgan fingerprint density at radius 3 is 2.17 bits per heavy atom. The molecule has 4 rings (SSSR count). The van der Waals surface area contributed by atoms with Crippen LogP contribution in [0.4, 0.5) is 4.79 Å². The fourth-order valence-electron chi connectivity index (χ4n) is 4.93. The van der Waals surface area contributed by atoms with Crippen LogP contribution in [0.2, 0.25) is 0 Å². The molecule has 0 aliphatic carbocycles. The fourth-order valence-corrected chi connectivity index (χ4v) is 4.93. The van der Waals surface area contributed by atoms with E-state index in [2.05, 4.69) is 29.6 Å². The van der Waals surface area contributed by atoms with Crippen LogP contribution in [0.25, 0.3) is 16.7 Å². The Balaban J connectivity index is 0.00000141. The highest BCUT2D eigenvalue weighted by molar-refractivity contribution is 6.40. The molecule has 2 aliphatic rings. The molecule has 3 N–H and O–H groups in total. The van der Waals surface area contributed by atoms with Crippen molar-refractivity contribution in [3.63, 3.8) is 0 Å². The summed E-state index contributed by atoms with van der Waals surface area (Å²) in [5, 5.41) is 2.89. The van der Waals surface area contributed by atoms with Crippen molar-refractivity contribution in [1.82, 2.24) is 10.2 Å². The molecule has 10 heteroatoms. The third kappa shape index (κ3) is 7.71. The molecule has 2 amide bonds. The van der Waals surface area contributed by atoms with E-state index in [0.717, 1.165) is 40.8 Å². The van der Waals surface area contributed by atoms with Gasteiger partial charge >= 0.3 is 6.09 Å². The molecule has 0 bridgehead atoms. The van der Waals surface area contributed by atoms with Crippen LogP contribution in [-0.4, -0.2) is 66.0 Å². The van der Waals surface area contributed by atoms with Gasteiger partial charge in [0.05, 0.1) is 25.0 Å². The van der Waals surface area contributed by atoms with Gasteiger partial charge in [0, 0.05) is 30.4 Å². The molecule has 0 aromatic heterocycles. The van der Waals surface area contributed by atoms with Gasteiger partial charge in [-0.05, 0) is 41.0 Å². The van der Waals surface area contributed by atoms with E-state index in [0.29, 0.717) is 18.5 Å². The Morgan fingerprint density at radius 2 is 1.62 bits per heavy atom. The number of benzene rings is 2. The van der Waals surface area contributed by atoms with Crippen LogP contribution >= 0.6 is 23.2 Å². The van der Waals surface area contributed by atoms with E-state index in [1.807, 2.05) is 37.1 Å². The predicted octanol–water partition coefficient (Wildman–Crippen LogP) is 5.47. The number of amides is 2. The highest BCUT2D eigenvalue weighted by Gasteiger charge is 2.38. The number of nitrogens with one attached hydrogen (secondary N) is 1. The largest absolute Gasteiger partial charge is 0.453 e.